The average Bonchev–Trinajstić information content (AvgIpc) is 3.28. The summed E-state index contributed by atoms with van der Waals surface area (Å²) >= 11 is 0. The van der Waals surface area contributed by atoms with Crippen molar-refractivity contribution in [2.45, 2.75) is 50.6 Å². The summed E-state index contributed by atoms with van der Waals surface area (Å²) in [6, 6.07) is 1.24. The predicted octanol–water partition coefficient (Wildman–Crippen LogP) is 1.16. The van der Waals surface area contributed by atoms with Gasteiger partial charge in [-0.3, -0.25) is 4.79 Å². The molecule has 3 fully saturated rings. The van der Waals surface area contributed by atoms with Gasteiger partial charge in [-0.05, 0) is 32.1 Å². The van der Waals surface area contributed by atoms with E-state index in [1.54, 1.807) is 0 Å². The molecule has 2 saturated carbocycles. The Morgan fingerprint density at radius 2 is 2.06 bits per heavy atom. The molecular weight excluding hydrogens is 228 g/mol. The zero-order valence-electron chi connectivity index (χ0n) is 11.1. The van der Waals surface area contributed by atoms with Crippen LogP contribution in [0.1, 0.15) is 38.5 Å². The van der Waals surface area contributed by atoms with Crippen LogP contribution < -0.4 is 5.32 Å². The number of hydrogen-bond acceptors (Lipinski definition) is 3. The molecule has 0 radical (unpaired) electrons. The quantitative estimate of drug-likeness (QED) is 0.739. The third-order valence-electron chi connectivity index (χ3n) is 4.14. The number of carbonyl (C=O) groups is 1. The maximum absolute atomic E-state index is 12.3. The Hall–Kier alpha value is -0.610. The first-order valence-corrected chi connectivity index (χ1v) is 7.43. The van der Waals surface area contributed by atoms with Crippen LogP contribution in [-0.2, 0) is 9.53 Å². The molecule has 1 aliphatic heterocycles. The van der Waals surface area contributed by atoms with Crippen LogP contribution in [0.2, 0.25) is 0 Å². The van der Waals surface area contributed by atoms with E-state index < -0.39 is 0 Å². The number of nitrogens with zero attached hydrogens (tertiary/aromatic N) is 1. The molecule has 4 heteroatoms. The summed E-state index contributed by atoms with van der Waals surface area (Å²) in [4.78, 5) is 14.4. The van der Waals surface area contributed by atoms with Gasteiger partial charge in [0.1, 0.15) is 0 Å². The lowest BCUT2D eigenvalue weighted by Gasteiger charge is -2.25. The monoisotopic (exact) mass is 252 g/mol. The highest BCUT2D eigenvalue weighted by atomic mass is 16.5. The third kappa shape index (κ3) is 3.45. The van der Waals surface area contributed by atoms with Crippen LogP contribution in [-0.4, -0.2) is 49.2 Å². The van der Waals surface area contributed by atoms with Gasteiger partial charge in [0, 0.05) is 44.1 Å². The van der Waals surface area contributed by atoms with Gasteiger partial charge in [-0.25, -0.2) is 0 Å². The summed E-state index contributed by atoms with van der Waals surface area (Å²) in [5.74, 6) is 0.920. The van der Waals surface area contributed by atoms with Crippen LogP contribution in [0.3, 0.4) is 0 Å². The standard InChI is InChI=1S/C14H24N2O2/c17-14(5-7-15-12-1-2-12)16(13-3-4-13)9-11-6-8-18-10-11/h11-13,15H,1-10H2. The van der Waals surface area contributed by atoms with E-state index in [2.05, 4.69) is 10.2 Å². The Balaban J connectivity index is 1.43. The Labute approximate surface area is 109 Å². The lowest BCUT2D eigenvalue weighted by molar-refractivity contribution is -0.132. The predicted molar refractivity (Wildman–Crippen MR) is 69.3 cm³/mol. The van der Waals surface area contributed by atoms with Gasteiger partial charge in [0.2, 0.25) is 5.91 Å². The topological polar surface area (TPSA) is 41.6 Å². The molecule has 0 aromatic heterocycles. The molecule has 0 aromatic carbocycles. The fraction of sp³-hybridized carbons (Fsp3) is 0.929. The van der Waals surface area contributed by atoms with Gasteiger partial charge in [-0.1, -0.05) is 0 Å². The Morgan fingerprint density at radius 1 is 1.22 bits per heavy atom. The van der Waals surface area contributed by atoms with Crippen molar-refractivity contribution in [3.05, 3.63) is 0 Å². The minimum absolute atomic E-state index is 0.345. The van der Waals surface area contributed by atoms with E-state index in [-0.39, 0.29) is 0 Å². The molecule has 3 aliphatic rings. The maximum atomic E-state index is 12.3. The second kappa shape index (κ2) is 5.57. The lowest BCUT2D eigenvalue weighted by atomic mass is 10.1. The second-order valence-electron chi connectivity index (χ2n) is 5.99. The van der Waals surface area contributed by atoms with Crippen molar-refractivity contribution in [3.8, 4) is 0 Å². The van der Waals surface area contributed by atoms with E-state index in [4.69, 9.17) is 4.74 Å². The lowest BCUT2D eigenvalue weighted by Crippen LogP contribution is -2.38. The maximum Gasteiger partial charge on any atom is 0.224 e. The van der Waals surface area contributed by atoms with Crippen molar-refractivity contribution < 1.29 is 9.53 Å². The molecule has 1 atom stereocenters. The molecule has 102 valence electrons. The highest BCUT2D eigenvalue weighted by Crippen LogP contribution is 2.29. The summed E-state index contributed by atoms with van der Waals surface area (Å²) < 4.78 is 5.41. The Bertz CT molecular complexity index is 294. The first kappa shape index (κ1) is 12.4. The van der Waals surface area contributed by atoms with Gasteiger partial charge in [-0.15, -0.1) is 0 Å². The minimum Gasteiger partial charge on any atom is -0.381 e. The molecule has 0 aromatic rings. The van der Waals surface area contributed by atoms with Crippen LogP contribution in [0.5, 0.6) is 0 Å². The number of carbonyl (C=O) groups excluding carboxylic acids is 1. The van der Waals surface area contributed by atoms with Gasteiger partial charge in [0.25, 0.3) is 0 Å². The highest BCUT2D eigenvalue weighted by molar-refractivity contribution is 5.77. The molecule has 1 heterocycles. The van der Waals surface area contributed by atoms with Gasteiger partial charge in [0.15, 0.2) is 0 Å². The summed E-state index contributed by atoms with van der Waals surface area (Å²) in [5.41, 5.74) is 0. The average molecular weight is 252 g/mol. The molecule has 4 nitrogen and oxygen atoms in total. The first-order chi connectivity index (χ1) is 8.83. The molecule has 18 heavy (non-hydrogen) atoms. The van der Waals surface area contributed by atoms with Crippen molar-refractivity contribution in [1.29, 1.82) is 0 Å². The fourth-order valence-corrected chi connectivity index (χ4v) is 2.66. The van der Waals surface area contributed by atoms with Crippen LogP contribution in [0.15, 0.2) is 0 Å². The highest BCUT2D eigenvalue weighted by Gasteiger charge is 2.34. The summed E-state index contributed by atoms with van der Waals surface area (Å²) in [6.07, 6.45) is 6.78. The third-order valence-corrected chi connectivity index (χ3v) is 4.14. The first-order valence-electron chi connectivity index (χ1n) is 7.43. The fourth-order valence-electron chi connectivity index (χ4n) is 2.66. The van der Waals surface area contributed by atoms with E-state index in [0.717, 1.165) is 32.7 Å². The number of ether oxygens (including phenoxy) is 1. The van der Waals surface area contributed by atoms with E-state index >= 15 is 0 Å². The van der Waals surface area contributed by atoms with Crippen LogP contribution in [0.25, 0.3) is 0 Å². The van der Waals surface area contributed by atoms with E-state index in [0.29, 0.717) is 30.3 Å². The molecule has 2 aliphatic carbocycles. The van der Waals surface area contributed by atoms with E-state index in [1.165, 1.54) is 25.7 Å². The Morgan fingerprint density at radius 3 is 2.67 bits per heavy atom. The SMILES string of the molecule is O=C(CCNC1CC1)N(CC1CCOC1)C1CC1. The second-order valence-corrected chi connectivity index (χ2v) is 5.99. The van der Waals surface area contributed by atoms with Gasteiger partial charge < -0.3 is 15.0 Å². The van der Waals surface area contributed by atoms with Crippen molar-refractivity contribution in [2.75, 3.05) is 26.3 Å². The normalized spacial score (nSPS) is 27.4. The number of amides is 1. The molecule has 1 amide bonds. The smallest absolute Gasteiger partial charge is 0.224 e. The van der Waals surface area contributed by atoms with Crippen molar-refractivity contribution in [2.24, 2.45) is 5.92 Å². The number of rotatable bonds is 7. The number of hydrogen-bond donors (Lipinski definition) is 1. The minimum atomic E-state index is 0.345. The van der Waals surface area contributed by atoms with Crippen molar-refractivity contribution in [3.63, 3.8) is 0 Å². The molecule has 0 bridgehead atoms. The van der Waals surface area contributed by atoms with Gasteiger partial charge in [-0.2, -0.15) is 0 Å². The summed E-state index contributed by atoms with van der Waals surface area (Å²) in [5, 5.41) is 3.42. The molecule has 0 spiro atoms. The van der Waals surface area contributed by atoms with Crippen LogP contribution in [0, 0.1) is 5.92 Å². The van der Waals surface area contributed by atoms with Gasteiger partial charge >= 0.3 is 0 Å². The molecule has 1 unspecified atom stereocenters. The zero-order chi connectivity index (χ0) is 12.4. The van der Waals surface area contributed by atoms with E-state index in [1.807, 2.05) is 0 Å². The molecule has 3 rings (SSSR count). The molecular formula is C14H24N2O2. The Kier molecular flexibility index (Phi) is 3.85. The number of nitrogens with one attached hydrogen (secondary N) is 1. The largest absolute Gasteiger partial charge is 0.381 e. The van der Waals surface area contributed by atoms with Crippen LogP contribution >= 0.6 is 0 Å². The van der Waals surface area contributed by atoms with Crippen molar-refractivity contribution in [1.82, 2.24) is 10.2 Å². The molecule has 1 N–H and O–H groups in total. The molecule has 1 saturated heterocycles. The van der Waals surface area contributed by atoms with Crippen LogP contribution in [0.4, 0.5) is 0 Å². The summed E-state index contributed by atoms with van der Waals surface area (Å²) in [7, 11) is 0. The van der Waals surface area contributed by atoms with Crippen molar-refractivity contribution >= 4 is 5.91 Å². The summed E-state index contributed by atoms with van der Waals surface area (Å²) in [6.45, 7) is 3.50. The van der Waals surface area contributed by atoms with E-state index in [9.17, 15) is 4.79 Å². The zero-order valence-corrected chi connectivity index (χ0v) is 11.1. The van der Waals surface area contributed by atoms with Gasteiger partial charge in [0.05, 0.1) is 6.61 Å².